The van der Waals surface area contributed by atoms with Crippen molar-refractivity contribution in [1.29, 1.82) is 0 Å². The molecule has 1 aromatic carbocycles. The van der Waals surface area contributed by atoms with Gasteiger partial charge >= 0.3 is 0 Å². The average Bonchev–Trinajstić information content (AvgIpc) is 2.82. The van der Waals surface area contributed by atoms with Crippen LogP contribution >= 0.6 is 11.8 Å². The van der Waals surface area contributed by atoms with Crippen molar-refractivity contribution in [3.8, 4) is 11.3 Å². The lowest BCUT2D eigenvalue weighted by atomic mass is 10.1. The molecule has 2 aromatic rings. The van der Waals surface area contributed by atoms with Gasteiger partial charge in [-0.2, -0.15) is 4.99 Å². The molecule has 0 N–H and O–H groups in total. The molecule has 0 aliphatic carbocycles. The van der Waals surface area contributed by atoms with Gasteiger partial charge in [0.2, 0.25) is 6.08 Å². The van der Waals surface area contributed by atoms with E-state index in [2.05, 4.69) is 28.4 Å². The summed E-state index contributed by atoms with van der Waals surface area (Å²) in [5.41, 5.74) is 2.52. The number of rotatable bonds is 5. The lowest BCUT2D eigenvalue weighted by Crippen LogP contribution is -2.07. The maximum atomic E-state index is 10.6. The number of para-hydroxylation sites is 1. The van der Waals surface area contributed by atoms with Gasteiger partial charge in [0.05, 0.1) is 17.6 Å². The number of benzene rings is 1. The number of thioether (sulfide) groups is 1. The minimum absolute atomic E-state index is 0.510. The van der Waals surface area contributed by atoms with E-state index < -0.39 is 0 Å². The molecule has 5 heteroatoms. The predicted molar refractivity (Wildman–Crippen MR) is 82.1 cm³/mol. The molecule has 0 radical (unpaired) electrons. The molecule has 0 amide bonds. The van der Waals surface area contributed by atoms with Crippen LogP contribution in [-0.2, 0) is 11.3 Å². The molecule has 2 rings (SSSR count). The Hall–Kier alpha value is -1.84. The zero-order valence-corrected chi connectivity index (χ0v) is 12.6. The molecule has 20 heavy (non-hydrogen) atoms. The zero-order chi connectivity index (χ0) is 14.5. The number of isocyanates is 1. The summed E-state index contributed by atoms with van der Waals surface area (Å²) in [6, 6.07) is 7.56. The van der Waals surface area contributed by atoms with Gasteiger partial charge in [-0.25, -0.2) is 9.78 Å². The summed E-state index contributed by atoms with van der Waals surface area (Å²) in [7, 11) is 0. The molecular formula is C15H17N3OS. The van der Waals surface area contributed by atoms with Crippen LogP contribution in [0, 0.1) is 5.92 Å². The normalized spacial score (nSPS) is 10.6. The van der Waals surface area contributed by atoms with E-state index in [1.54, 1.807) is 17.8 Å². The fourth-order valence-electron chi connectivity index (χ4n) is 2.12. The first-order valence-electron chi connectivity index (χ1n) is 6.44. The van der Waals surface area contributed by atoms with Crippen molar-refractivity contribution >= 4 is 23.5 Å². The second kappa shape index (κ2) is 6.55. The van der Waals surface area contributed by atoms with Crippen molar-refractivity contribution in [2.24, 2.45) is 10.9 Å². The van der Waals surface area contributed by atoms with Crippen LogP contribution in [0.25, 0.3) is 11.3 Å². The summed E-state index contributed by atoms with van der Waals surface area (Å²) in [5.74, 6) is 0.510. The number of aromatic nitrogens is 2. The lowest BCUT2D eigenvalue weighted by molar-refractivity contribution is 0.498. The van der Waals surface area contributed by atoms with Gasteiger partial charge in [-0.05, 0) is 18.2 Å². The second-order valence-electron chi connectivity index (χ2n) is 4.85. The molecule has 104 valence electrons. The van der Waals surface area contributed by atoms with Crippen LogP contribution in [0.4, 0.5) is 5.69 Å². The van der Waals surface area contributed by atoms with E-state index in [4.69, 9.17) is 0 Å². The monoisotopic (exact) mass is 287 g/mol. The van der Waals surface area contributed by atoms with Gasteiger partial charge in [-0.15, -0.1) is 0 Å². The molecule has 0 saturated carbocycles. The maximum absolute atomic E-state index is 10.6. The Balaban J connectivity index is 2.58. The average molecular weight is 287 g/mol. The first kappa shape index (κ1) is 14.6. The fourth-order valence-corrected chi connectivity index (χ4v) is 2.67. The van der Waals surface area contributed by atoms with Crippen molar-refractivity contribution in [1.82, 2.24) is 9.55 Å². The van der Waals surface area contributed by atoms with Crippen LogP contribution in [0.1, 0.15) is 13.8 Å². The minimum atomic E-state index is 0.510. The third-order valence-corrected chi connectivity index (χ3v) is 3.59. The molecule has 0 aliphatic heterocycles. The van der Waals surface area contributed by atoms with E-state index in [0.717, 1.165) is 23.0 Å². The van der Waals surface area contributed by atoms with Gasteiger partial charge in [-0.3, -0.25) is 0 Å². The van der Waals surface area contributed by atoms with Gasteiger partial charge in [0.1, 0.15) is 0 Å². The largest absolute Gasteiger partial charge is 0.319 e. The number of hydrogen-bond acceptors (Lipinski definition) is 4. The van der Waals surface area contributed by atoms with E-state index in [9.17, 15) is 4.79 Å². The molecular weight excluding hydrogens is 270 g/mol. The molecule has 0 unspecified atom stereocenters. The van der Waals surface area contributed by atoms with Crippen molar-refractivity contribution < 1.29 is 4.79 Å². The summed E-state index contributed by atoms with van der Waals surface area (Å²) in [4.78, 5) is 18.8. The van der Waals surface area contributed by atoms with Gasteiger partial charge in [0, 0.05) is 12.1 Å². The molecule has 1 aromatic heterocycles. The highest BCUT2D eigenvalue weighted by Gasteiger charge is 2.14. The lowest BCUT2D eigenvalue weighted by Gasteiger charge is -2.14. The summed E-state index contributed by atoms with van der Waals surface area (Å²) in [6.07, 6.45) is 5.47. The molecule has 4 nitrogen and oxygen atoms in total. The van der Waals surface area contributed by atoms with Gasteiger partial charge < -0.3 is 4.57 Å². The standard InChI is InChI=1S/C15H17N3OS/c1-11(2)9-18-14(8-16-15(18)20-3)12-6-4-5-7-13(12)17-10-19/h4-8,11H,9H2,1-3H3. The Kier molecular flexibility index (Phi) is 4.77. The third-order valence-electron chi connectivity index (χ3n) is 2.90. The first-order valence-corrected chi connectivity index (χ1v) is 7.66. The Morgan fingerprint density at radius 3 is 2.80 bits per heavy atom. The van der Waals surface area contributed by atoms with E-state index in [1.165, 1.54) is 0 Å². The van der Waals surface area contributed by atoms with Gasteiger partial charge in [-0.1, -0.05) is 43.8 Å². The Morgan fingerprint density at radius 1 is 1.40 bits per heavy atom. The molecule has 1 heterocycles. The Bertz CT molecular complexity index is 642. The second-order valence-corrected chi connectivity index (χ2v) is 5.63. The number of aliphatic imine (C=N–C) groups is 1. The molecule has 0 aliphatic rings. The van der Waals surface area contributed by atoms with Gasteiger partial charge in [0.15, 0.2) is 5.16 Å². The van der Waals surface area contributed by atoms with Crippen LogP contribution < -0.4 is 0 Å². The topological polar surface area (TPSA) is 47.2 Å². The summed E-state index contributed by atoms with van der Waals surface area (Å²) < 4.78 is 2.18. The number of nitrogens with zero attached hydrogens (tertiary/aromatic N) is 3. The number of imidazole rings is 1. The van der Waals surface area contributed by atoms with Crippen molar-refractivity contribution in [2.45, 2.75) is 25.5 Å². The molecule has 0 fully saturated rings. The highest BCUT2D eigenvalue weighted by molar-refractivity contribution is 7.98. The van der Waals surface area contributed by atoms with E-state index in [0.29, 0.717) is 11.6 Å². The Labute approximate surface area is 122 Å². The highest BCUT2D eigenvalue weighted by Crippen LogP contribution is 2.32. The van der Waals surface area contributed by atoms with Crippen molar-refractivity contribution in [3.05, 3.63) is 30.5 Å². The maximum Gasteiger partial charge on any atom is 0.240 e. The first-order chi connectivity index (χ1) is 9.67. The van der Waals surface area contributed by atoms with E-state index in [-0.39, 0.29) is 0 Å². The van der Waals surface area contributed by atoms with Crippen LogP contribution in [0.3, 0.4) is 0 Å². The SMILES string of the molecule is CSc1ncc(-c2ccccc2N=C=O)n1CC(C)C. The summed E-state index contributed by atoms with van der Waals surface area (Å²) in [5, 5.41) is 0.971. The zero-order valence-electron chi connectivity index (χ0n) is 11.8. The summed E-state index contributed by atoms with van der Waals surface area (Å²) in [6.45, 7) is 5.22. The van der Waals surface area contributed by atoms with E-state index in [1.807, 2.05) is 36.7 Å². The number of hydrogen-bond donors (Lipinski definition) is 0. The van der Waals surface area contributed by atoms with Crippen molar-refractivity contribution in [2.75, 3.05) is 6.26 Å². The fraction of sp³-hybridized carbons (Fsp3) is 0.333. The molecule has 0 bridgehead atoms. The molecule has 0 spiro atoms. The molecule has 0 atom stereocenters. The van der Waals surface area contributed by atoms with Crippen molar-refractivity contribution in [3.63, 3.8) is 0 Å². The van der Waals surface area contributed by atoms with Gasteiger partial charge in [0.25, 0.3) is 0 Å². The van der Waals surface area contributed by atoms with Crippen LogP contribution in [0.15, 0.2) is 40.6 Å². The van der Waals surface area contributed by atoms with E-state index >= 15 is 0 Å². The summed E-state index contributed by atoms with van der Waals surface area (Å²) >= 11 is 1.62. The van der Waals surface area contributed by atoms with Crippen LogP contribution in [0.2, 0.25) is 0 Å². The number of carbonyl (C=O) groups excluding carboxylic acids is 1. The Morgan fingerprint density at radius 2 is 2.15 bits per heavy atom. The quantitative estimate of drug-likeness (QED) is 0.476. The molecule has 0 saturated heterocycles. The highest BCUT2D eigenvalue weighted by atomic mass is 32.2. The third kappa shape index (κ3) is 3.00. The predicted octanol–water partition coefficient (Wildman–Crippen LogP) is 3.90. The minimum Gasteiger partial charge on any atom is -0.319 e. The smallest absolute Gasteiger partial charge is 0.240 e. The van der Waals surface area contributed by atoms with Crippen LogP contribution in [-0.4, -0.2) is 21.9 Å². The van der Waals surface area contributed by atoms with Crippen LogP contribution in [0.5, 0.6) is 0 Å².